The van der Waals surface area contributed by atoms with E-state index in [9.17, 15) is 71.1 Å². The van der Waals surface area contributed by atoms with Crippen molar-refractivity contribution in [1.29, 1.82) is 0 Å². The van der Waals surface area contributed by atoms with E-state index in [2.05, 4.69) is 4.84 Å². The van der Waals surface area contributed by atoms with Crippen molar-refractivity contribution >= 4 is 17.6 Å². The van der Waals surface area contributed by atoms with Gasteiger partial charge in [-0.25, -0.2) is 13.8 Å². The largest absolute Gasteiger partial charge is 0.419 e. The average Bonchev–Trinajstić information content (AvgIpc) is 3.17. The number of carbonyl (C=O) groups excluding carboxylic acids is 2. The Bertz CT molecular complexity index is 1410. The molecule has 3 rings (SSSR count). The SMILES string of the molecule is O=C(NC1CON(CC(F)(F)F)C1=O)c1ccc(/C(F)=C/C(c2ccc(F)c(C(F)(F)F)c2)C(F)(F)F)cc1C(F)(F)F. The van der Waals surface area contributed by atoms with Crippen LogP contribution in [0.15, 0.2) is 42.5 Å². The number of halogens is 14. The Balaban J connectivity index is 1.96. The van der Waals surface area contributed by atoms with Gasteiger partial charge in [-0.2, -0.15) is 52.7 Å². The van der Waals surface area contributed by atoms with Gasteiger partial charge in [0.2, 0.25) is 0 Å². The number of hydrogen-bond donors (Lipinski definition) is 1. The van der Waals surface area contributed by atoms with Crippen LogP contribution in [0.3, 0.4) is 0 Å². The normalized spacial score (nSPS) is 17.8. The van der Waals surface area contributed by atoms with Crippen LogP contribution in [-0.2, 0) is 22.0 Å². The van der Waals surface area contributed by atoms with Crippen LogP contribution in [0.2, 0.25) is 0 Å². The molecule has 19 heteroatoms. The maximum absolute atomic E-state index is 14.9. The zero-order valence-electron chi connectivity index (χ0n) is 20.6. The van der Waals surface area contributed by atoms with Gasteiger partial charge in [-0.05, 0) is 35.9 Å². The molecular weight excluding hydrogens is 630 g/mol. The lowest BCUT2D eigenvalue weighted by Gasteiger charge is -2.20. The van der Waals surface area contributed by atoms with E-state index in [-0.39, 0.29) is 41.5 Å². The van der Waals surface area contributed by atoms with E-state index in [1.807, 2.05) is 0 Å². The molecule has 0 radical (unpaired) electrons. The van der Waals surface area contributed by atoms with E-state index in [1.165, 1.54) is 0 Å². The van der Waals surface area contributed by atoms with Crippen molar-refractivity contribution in [2.24, 2.45) is 0 Å². The molecule has 0 aliphatic carbocycles. The Hall–Kier alpha value is -3.90. The summed E-state index contributed by atoms with van der Waals surface area (Å²) >= 11 is 0. The zero-order chi connectivity index (χ0) is 32.7. The number of carbonyl (C=O) groups is 2. The Morgan fingerprint density at radius 3 is 2.07 bits per heavy atom. The summed E-state index contributed by atoms with van der Waals surface area (Å²) in [4.78, 5) is 29.0. The first-order chi connectivity index (χ1) is 19.5. The molecule has 43 heavy (non-hydrogen) atoms. The van der Waals surface area contributed by atoms with Crippen molar-refractivity contribution in [3.05, 3.63) is 76.1 Å². The number of allylic oxidation sites excluding steroid dienone is 1. The molecule has 0 aromatic heterocycles. The molecule has 0 saturated carbocycles. The zero-order valence-corrected chi connectivity index (χ0v) is 20.6. The molecule has 2 aromatic carbocycles. The molecule has 1 N–H and O–H groups in total. The highest BCUT2D eigenvalue weighted by molar-refractivity contribution is 5.99. The number of amides is 2. The summed E-state index contributed by atoms with van der Waals surface area (Å²) in [5, 5.41) is 1.53. The second kappa shape index (κ2) is 11.6. The molecular formula is C24H14F14N2O3. The second-order valence-electron chi connectivity index (χ2n) is 8.84. The minimum Gasteiger partial charge on any atom is -0.338 e. The monoisotopic (exact) mass is 644 g/mol. The number of rotatable bonds is 6. The van der Waals surface area contributed by atoms with Crippen LogP contribution < -0.4 is 5.32 Å². The van der Waals surface area contributed by atoms with Gasteiger partial charge in [-0.3, -0.25) is 14.4 Å². The van der Waals surface area contributed by atoms with Crippen LogP contribution in [0.25, 0.3) is 5.83 Å². The minimum absolute atomic E-state index is 0.0419. The topological polar surface area (TPSA) is 58.6 Å². The highest BCUT2D eigenvalue weighted by Gasteiger charge is 2.44. The van der Waals surface area contributed by atoms with Gasteiger partial charge in [0, 0.05) is 5.56 Å². The van der Waals surface area contributed by atoms with Gasteiger partial charge < -0.3 is 5.32 Å². The predicted molar refractivity (Wildman–Crippen MR) is 116 cm³/mol. The fourth-order valence-corrected chi connectivity index (χ4v) is 3.80. The first-order valence-corrected chi connectivity index (χ1v) is 11.3. The number of alkyl halides is 12. The summed E-state index contributed by atoms with van der Waals surface area (Å²) in [7, 11) is 0. The highest BCUT2D eigenvalue weighted by Crippen LogP contribution is 2.42. The molecule has 236 valence electrons. The van der Waals surface area contributed by atoms with Crippen molar-refractivity contribution in [2.75, 3.05) is 13.2 Å². The molecule has 0 spiro atoms. The van der Waals surface area contributed by atoms with Gasteiger partial charge in [0.05, 0.1) is 16.7 Å². The Kier molecular flexibility index (Phi) is 9.10. The standard InChI is InChI=1S/C24H14F14N2O3/c25-16-4-2-10(5-15(16)24(36,37)38)13(22(30,31)32)7-17(26)11-1-3-12(14(6-11)23(33,34)35)19(41)39-18-8-43-40(20(18)42)9-21(27,28)29/h1-7,13,18H,8-9H2,(H,39,41)/b17-7-. The van der Waals surface area contributed by atoms with Crippen molar-refractivity contribution in [1.82, 2.24) is 10.4 Å². The van der Waals surface area contributed by atoms with E-state index in [4.69, 9.17) is 0 Å². The molecule has 2 aromatic rings. The first-order valence-electron chi connectivity index (χ1n) is 11.3. The van der Waals surface area contributed by atoms with Gasteiger partial charge >= 0.3 is 24.7 Å². The average molecular weight is 644 g/mol. The molecule has 1 heterocycles. The molecule has 1 saturated heterocycles. The number of nitrogens with zero attached hydrogens (tertiary/aromatic N) is 1. The lowest BCUT2D eigenvalue weighted by molar-refractivity contribution is -0.214. The highest BCUT2D eigenvalue weighted by atomic mass is 19.4. The molecule has 1 aliphatic heterocycles. The van der Waals surface area contributed by atoms with Gasteiger partial charge in [0.15, 0.2) is 0 Å². The fourth-order valence-electron chi connectivity index (χ4n) is 3.80. The van der Waals surface area contributed by atoms with E-state index in [0.29, 0.717) is 6.07 Å². The van der Waals surface area contributed by atoms with E-state index in [0.717, 1.165) is 0 Å². The molecule has 0 bridgehead atoms. The van der Waals surface area contributed by atoms with Crippen LogP contribution in [0.4, 0.5) is 61.5 Å². The van der Waals surface area contributed by atoms with Gasteiger partial charge in [0.1, 0.15) is 36.8 Å². The quantitative estimate of drug-likeness (QED) is 0.347. The number of hydrogen-bond acceptors (Lipinski definition) is 3. The van der Waals surface area contributed by atoms with Crippen LogP contribution in [0.1, 0.15) is 38.5 Å². The van der Waals surface area contributed by atoms with Gasteiger partial charge in [-0.1, -0.05) is 12.1 Å². The number of benzene rings is 2. The smallest absolute Gasteiger partial charge is 0.338 e. The number of nitrogens with one attached hydrogen (secondary N) is 1. The molecule has 1 fully saturated rings. The Labute approximate surface area is 230 Å². The maximum atomic E-state index is 14.9. The third-order valence-corrected chi connectivity index (χ3v) is 5.74. The van der Waals surface area contributed by atoms with E-state index >= 15 is 0 Å². The number of hydroxylamine groups is 2. The third kappa shape index (κ3) is 8.14. The third-order valence-electron chi connectivity index (χ3n) is 5.74. The first kappa shape index (κ1) is 33.6. The summed E-state index contributed by atoms with van der Waals surface area (Å²) in [5.41, 5.74) is -7.89. The molecule has 5 nitrogen and oxygen atoms in total. The van der Waals surface area contributed by atoms with Gasteiger partial charge in [-0.15, -0.1) is 0 Å². The lowest BCUT2D eigenvalue weighted by Crippen LogP contribution is -2.44. The van der Waals surface area contributed by atoms with Crippen molar-refractivity contribution in [3.8, 4) is 0 Å². The molecule has 1 aliphatic rings. The molecule has 2 amide bonds. The Morgan fingerprint density at radius 2 is 1.53 bits per heavy atom. The Morgan fingerprint density at radius 1 is 0.930 bits per heavy atom. The van der Waals surface area contributed by atoms with E-state index in [1.54, 1.807) is 5.32 Å². The van der Waals surface area contributed by atoms with E-state index < -0.39 is 101 Å². The molecule has 2 unspecified atom stereocenters. The van der Waals surface area contributed by atoms with Crippen LogP contribution in [0.5, 0.6) is 0 Å². The van der Waals surface area contributed by atoms with Crippen molar-refractivity contribution in [2.45, 2.75) is 36.7 Å². The minimum atomic E-state index is -5.51. The second-order valence-corrected chi connectivity index (χ2v) is 8.84. The lowest BCUT2D eigenvalue weighted by atomic mass is 9.94. The summed E-state index contributed by atoms with van der Waals surface area (Å²) in [6.45, 7) is -2.80. The van der Waals surface area contributed by atoms with Gasteiger partial charge in [0.25, 0.3) is 11.8 Å². The maximum Gasteiger partial charge on any atom is 0.419 e. The predicted octanol–water partition coefficient (Wildman–Crippen LogP) is 6.95. The van der Waals surface area contributed by atoms with Crippen LogP contribution in [0, 0.1) is 5.82 Å². The van der Waals surface area contributed by atoms with Crippen LogP contribution >= 0.6 is 0 Å². The van der Waals surface area contributed by atoms with Crippen LogP contribution in [-0.4, -0.2) is 48.4 Å². The summed E-state index contributed by atoms with van der Waals surface area (Å²) in [6.07, 6.45) is -21.7. The molecule has 2 atom stereocenters. The van der Waals surface area contributed by atoms with Crippen molar-refractivity contribution in [3.63, 3.8) is 0 Å². The van der Waals surface area contributed by atoms with Crippen molar-refractivity contribution < 1.29 is 75.9 Å². The summed E-state index contributed by atoms with van der Waals surface area (Å²) in [6, 6.07) is -1.21. The summed E-state index contributed by atoms with van der Waals surface area (Å²) < 4.78 is 187. The fraction of sp³-hybridized carbons (Fsp3) is 0.333. The summed E-state index contributed by atoms with van der Waals surface area (Å²) in [5.74, 6) is -10.3.